The predicted octanol–water partition coefficient (Wildman–Crippen LogP) is 3.17. The van der Waals surface area contributed by atoms with Gasteiger partial charge in [-0.25, -0.2) is 9.97 Å². The van der Waals surface area contributed by atoms with Crippen LogP contribution in [0.1, 0.15) is 11.4 Å². The second-order valence-corrected chi connectivity index (χ2v) is 5.41. The van der Waals surface area contributed by atoms with Gasteiger partial charge in [-0.1, -0.05) is 6.07 Å². The van der Waals surface area contributed by atoms with Gasteiger partial charge >= 0.3 is 0 Å². The molecule has 0 aliphatic rings. The lowest BCUT2D eigenvalue weighted by molar-refractivity contribution is 0.415. The Bertz CT molecular complexity index is 830. The molecule has 0 aliphatic carbocycles. The van der Waals surface area contributed by atoms with Crippen LogP contribution in [0.5, 0.6) is 5.75 Å². The Morgan fingerprint density at radius 2 is 1.83 bits per heavy atom. The molecule has 0 unspecified atom stereocenters. The van der Waals surface area contributed by atoms with E-state index < -0.39 is 0 Å². The molecular formula is C18H20N4O. The summed E-state index contributed by atoms with van der Waals surface area (Å²) in [5, 5.41) is 0.997. The second kappa shape index (κ2) is 6.22. The van der Waals surface area contributed by atoms with E-state index in [1.165, 1.54) is 0 Å². The zero-order chi connectivity index (χ0) is 16.4. The third-order valence-electron chi connectivity index (χ3n) is 3.86. The van der Waals surface area contributed by atoms with E-state index in [0.29, 0.717) is 6.54 Å². The van der Waals surface area contributed by atoms with E-state index in [-0.39, 0.29) is 0 Å². The largest absolute Gasteiger partial charge is 0.497 e. The average molecular weight is 308 g/mol. The lowest BCUT2D eigenvalue weighted by atomic mass is 10.1. The van der Waals surface area contributed by atoms with Crippen molar-refractivity contribution in [1.29, 1.82) is 0 Å². The molecule has 0 atom stereocenters. The number of hydrogen-bond donors (Lipinski definition) is 1. The second-order valence-electron chi connectivity index (χ2n) is 5.41. The number of fused-ring (bicyclic) bond motifs is 1. The van der Waals surface area contributed by atoms with Crippen molar-refractivity contribution in [3.05, 3.63) is 53.9 Å². The Hall–Kier alpha value is -2.66. The number of hydrogen-bond acceptors (Lipinski definition) is 5. The Morgan fingerprint density at radius 1 is 1.09 bits per heavy atom. The van der Waals surface area contributed by atoms with Crippen molar-refractivity contribution in [3.63, 3.8) is 0 Å². The molecular weight excluding hydrogens is 288 g/mol. The molecule has 5 nitrogen and oxygen atoms in total. The standard InChI is InChI=1S/C18H20N4O/c1-12-20-17-9-4-13(11-19)10-16(17)18(21-12)22(2)14-5-7-15(23-3)8-6-14/h4-10H,11,19H2,1-3H3. The van der Waals surface area contributed by atoms with Crippen LogP contribution in [-0.4, -0.2) is 24.1 Å². The maximum absolute atomic E-state index is 5.77. The van der Waals surface area contributed by atoms with Crippen LogP contribution < -0.4 is 15.4 Å². The summed E-state index contributed by atoms with van der Waals surface area (Å²) in [6.45, 7) is 2.40. The van der Waals surface area contributed by atoms with Gasteiger partial charge in [0.05, 0.1) is 12.6 Å². The van der Waals surface area contributed by atoms with Crippen molar-refractivity contribution in [1.82, 2.24) is 9.97 Å². The van der Waals surface area contributed by atoms with Gasteiger partial charge in [0.25, 0.3) is 0 Å². The monoisotopic (exact) mass is 308 g/mol. The van der Waals surface area contributed by atoms with Gasteiger partial charge in [-0.3, -0.25) is 0 Å². The highest BCUT2D eigenvalue weighted by Gasteiger charge is 2.12. The Balaban J connectivity index is 2.12. The summed E-state index contributed by atoms with van der Waals surface area (Å²) >= 11 is 0. The van der Waals surface area contributed by atoms with Crippen LogP contribution in [0.3, 0.4) is 0 Å². The minimum absolute atomic E-state index is 0.496. The van der Waals surface area contributed by atoms with Crippen LogP contribution in [0.25, 0.3) is 10.9 Å². The molecule has 0 aliphatic heterocycles. The summed E-state index contributed by atoms with van der Waals surface area (Å²) in [4.78, 5) is 11.2. The van der Waals surface area contributed by atoms with E-state index in [2.05, 4.69) is 20.9 Å². The summed E-state index contributed by atoms with van der Waals surface area (Å²) in [5.41, 5.74) is 8.79. The van der Waals surface area contributed by atoms with Crippen LogP contribution in [0, 0.1) is 6.92 Å². The minimum atomic E-state index is 0.496. The molecule has 2 aromatic carbocycles. The number of ether oxygens (including phenoxy) is 1. The number of rotatable bonds is 4. The first kappa shape index (κ1) is 15.2. The van der Waals surface area contributed by atoms with Crippen LogP contribution in [0.2, 0.25) is 0 Å². The van der Waals surface area contributed by atoms with Gasteiger partial charge in [-0.2, -0.15) is 0 Å². The highest BCUT2D eigenvalue weighted by Crippen LogP contribution is 2.30. The fourth-order valence-corrected chi connectivity index (χ4v) is 2.58. The van der Waals surface area contributed by atoms with Crippen molar-refractivity contribution >= 4 is 22.4 Å². The van der Waals surface area contributed by atoms with Crippen molar-refractivity contribution in [2.75, 3.05) is 19.1 Å². The first-order chi connectivity index (χ1) is 11.1. The minimum Gasteiger partial charge on any atom is -0.497 e. The number of nitrogens with two attached hydrogens (primary N) is 1. The van der Waals surface area contributed by atoms with Crippen LogP contribution in [0.15, 0.2) is 42.5 Å². The van der Waals surface area contributed by atoms with Crippen LogP contribution in [-0.2, 0) is 6.54 Å². The molecule has 3 aromatic rings. The molecule has 1 aromatic heterocycles. The molecule has 0 amide bonds. The molecule has 1 heterocycles. The summed E-state index contributed by atoms with van der Waals surface area (Å²) in [5.74, 6) is 2.44. The predicted molar refractivity (Wildman–Crippen MR) is 93.2 cm³/mol. The molecule has 0 spiro atoms. The molecule has 118 valence electrons. The lowest BCUT2D eigenvalue weighted by Gasteiger charge is -2.21. The topological polar surface area (TPSA) is 64.3 Å². The van der Waals surface area contributed by atoms with Crippen LogP contribution in [0.4, 0.5) is 11.5 Å². The Labute approximate surface area is 135 Å². The Morgan fingerprint density at radius 3 is 2.48 bits per heavy atom. The molecule has 0 saturated heterocycles. The fraction of sp³-hybridized carbons (Fsp3) is 0.222. The maximum atomic E-state index is 5.77. The van der Waals surface area contributed by atoms with E-state index in [1.54, 1.807) is 7.11 Å². The molecule has 0 fully saturated rings. The van der Waals surface area contributed by atoms with E-state index in [4.69, 9.17) is 10.5 Å². The fourth-order valence-electron chi connectivity index (χ4n) is 2.58. The zero-order valence-corrected chi connectivity index (χ0v) is 13.6. The molecule has 5 heteroatoms. The highest BCUT2D eigenvalue weighted by atomic mass is 16.5. The first-order valence-corrected chi connectivity index (χ1v) is 7.47. The van der Waals surface area contributed by atoms with Crippen LogP contribution >= 0.6 is 0 Å². The lowest BCUT2D eigenvalue weighted by Crippen LogP contribution is -2.13. The van der Waals surface area contributed by atoms with E-state index in [0.717, 1.165) is 39.5 Å². The average Bonchev–Trinajstić information content (AvgIpc) is 2.60. The van der Waals surface area contributed by atoms with Gasteiger partial charge in [-0.15, -0.1) is 0 Å². The Kier molecular flexibility index (Phi) is 4.12. The maximum Gasteiger partial charge on any atom is 0.144 e. The van der Waals surface area contributed by atoms with Gasteiger partial charge in [0.15, 0.2) is 0 Å². The van der Waals surface area contributed by atoms with Gasteiger partial charge in [0.1, 0.15) is 17.4 Å². The highest BCUT2D eigenvalue weighted by molar-refractivity contribution is 5.92. The summed E-state index contributed by atoms with van der Waals surface area (Å²) < 4.78 is 5.22. The molecule has 3 rings (SSSR count). The van der Waals surface area contributed by atoms with Gasteiger partial charge in [0, 0.05) is 24.7 Å². The third-order valence-corrected chi connectivity index (χ3v) is 3.86. The number of nitrogens with zero attached hydrogens (tertiary/aromatic N) is 3. The number of methoxy groups -OCH3 is 1. The molecule has 0 bridgehead atoms. The van der Waals surface area contributed by atoms with Crippen molar-refractivity contribution in [2.45, 2.75) is 13.5 Å². The van der Waals surface area contributed by atoms with Gasteiger partial charge in [-0.05, 0) is 48.9 Å². The first-order valence-electron chi connectivity index (χ1n) is 7.47. The van der Waals surface area contributed by atoms with E-state index in [1.807, 2.05) is 50.4 Å². The quantitative estimate of drug-likeness (QED) is 0.802. The van der Waals surface area contributed by atoms with Crippen molar-refractivity contribution in [3.8, 4) is 5.75 Å². The molecule has 2 N–H and O–H groups in total. The SMILES string of the molecule is COc1ccc(N(C)c2nc(C)nc3ccc(CN)cc23)cc1. The van der Waals surface area contributed by atoms with Crippen molar-refractivity contribution in [2.24, 2.45) is 5.73 Å². The van der Waals surface area contributed by atoms with Crippen molar-refractivity contribution < 1.29 is 4.74 Å². The van der Waals surface area contributed by atoms with E-state index in [9.17, 15) is 0 Å². The number of anilines is 2. The molecule has 0 saturated carbocycles. The summed E-state index contributed by atoms with van der Waals surface area (Å²) in [6, 6.07) is 14.0. The van der Waals surface area contributed by atoms with Gasteiger partial charge in [0.2, 0.25) is 0 Å². The zero-order valence-electron chi connectivity index (χ0n) is 13.6. The summed E-state index contributed by atoms with van der Waals surface area (Å²) in [7, 11) is 3.66. The summed E-state index contributed by atoms with van der Waals surface area (Å²) in [6.07, 6.45) is 0. The number of benzene rings is 2. The molecule has 0 radical (unpaired) electrons. The number of aromatic nitrogens is 2. The number of aryl methyl sites for hydroxylation is 1. The normalized spacial score (nSPS) is 10.8. The third kappa shape index (κ3) is 2.96. The molecule has 23 heavy (non-hydrogen) atoms. The smallest absolute Gasteiger partial charge is 0.144 e. The van der Waals surface area contributed by atoms with E-state index >= 15 is 0 Å². The van der Waals surface area contributed by atoms with Gasteiger partial charge < -0.3 is 15.4 Å².